The average molecular weight is 335 g/mol. The lowest BCUT2D eigenvalue weighted by Crippen LogP contribution is -2.18. The summed E-state index contributed by atoms with van der Waals surface area (Å²) in [4.78, 5) is 22.6. The van der Waals surface area contributed by atoms with E-state index in [4.69, 9.17) is 21.4 Å². The van der Waals surface area contributed by atoms with Gasteiger partial charge in [-0.25, -0.2) is 4.79 Å². The van der Waals surface area contributed by atoms with Gasteiger partial charge in [-0.15, -0.1) is 0 Å². The highest BCUT2D eigenvalue weighted by atomic mass is 35.5. The van der Waals surface area contributed by atoms with Gasteiger partial charge >= 0.3 is 5.97 Å². The van der Waals surface area contributed by atoms with Gasteiger partial charge < -0.3 is 19.7 Å². The van der Waals surface area contributed by atoms with Crippen molar-refractivity contribution in [2.24, 2.45) is 0 Å². The number of hydrogen-bond donors (Lipinski definition) is 2. The maximum atomic E-state index is 12.1. The highest BCUT2D eigenvalue weighted by Crippen LogP contribution is 2.27. The second-order valence-corrected chi connectivity index (χ2v) is 5.04. The summed E-state index contributed by atoms with van der Waals surface area (Å²) in [6.45, 7) is 0.0515. The summed E-state index contributed by atoms with van der Waals surface area (Å²) in [7, 11) is 1.51. The normalized spacial score (nSPS) is 10.7. The quantitative estimate of drug-likeness (QED) is 0.796. The fraction of sp³-hybridized carbons (Fsp3) is 0.125. The molecule has 0 aliphatic heterocycles. The van der Waals surface area contributed by atoms with Crippen LogP contribution in [0, 0.1) is 0 Å². The lowest BCUT2D eigenvalue weighted by atomic mass is 10.3. The Kier molecular flexibility index (Phi) is 5.43. The summed E-state index contributed by atoms with van der Waals surface area (Å²) < 4.78 is 6.69. The highest BCUT2D eigenvalue weighted by Gasteiger charge is 2.08. The molecule has 0 atom stereocenters. The second-order valence-electron chi connectivity index (χ2n) is 4.63. The molecule has 0 radical (unpaired) electrons. The van der Waals surface area contributed by atoms with E-state index < -0.39 is 5.97 Å². The van der Waals surface area contributed by atoms with E-state index in [2.05, 4.69) is 5.32 Å². The van der Waals surface area contributed by atoms with Gasteiger partial charge in [-0.3, -0.25) is 4.79 Å². The fourth-order valence-corrected chi connectivity index (χ4v) is 2.24. The first-order chi connectivity index (χ1) is 11.0. The SMILES string of the molecule is COc1ccc(NC(=O)Cn2cccc2/C=C/C(=O)O)cc1Cl. The van der Waals surface area contributed by atoms with Crippen molar-refractivity contribution in [2.45, 2.75) is 6.54 Å². The van der Waals surface area contributed by atoms with E-state index in [1.807, 2.05) is 0 Å². The van der Waals surface area contributed by atoms with Crippen molar-refractivity contribution >= 4 is 35.2 Å². The average Bonchev–Trinajstić information content (AvgIpc) is 2.92. The molecule has 0 saturated heterocycles. The van der Waals surface area contributed by atoms with E-state index in [-0.39, 0.29) is 12.5 Å². The van der Waals surface area contributed by atoms with Crippen LogP contribution in [0.2, 0.25) is 5.02 Å². The smallest absolute Gasteiger partial charge is 0.328 e. The summed E-state index contributed by atoms with van der Waals surface area (Å²) >= 11 is 6.01. The molecule has 1 heterocycles. The lowest BCUT2D eigenvalue weighted by Gasteiger charge is -2.09. The second kappa shape index (κ2) is 7.51. The van der Waals surface area contributed by atoms with Crippen molar-refractivity contribution in [3.05, 3.63) is 53.3 Å². The third kappa shape index (κ3) is 4.62. The van der Waals surface area contributed by atoms with Crippen LogP contribution in [-0.2, 0) is 16.1 Å². The number of aliphatic carboxylic acids is 1. The number of halogens is 1. The Balaban J connectivity index is 2.04. The minimum absolute atomic E-state index is 0.0515. The molecule has 0 spiro atoms. The maximum absolute atomic E-state index is 12.1. The molecule has 0 bridgehead atoms. The first-order valence-corrected chi connectivity index (χ1v) is 7.07. The first kappa shape index (κ1) is 16.6. The standard InChI is InChI=1S/C16H15ClN2O4/c1-23-14-6-4-11(9-13(14)17)18-15(20)10-19-8-2-3-12(19)5-7-16(21)22/h2-9H,10H2,1H3,(H,18,20)(H,21,22)/b7-5+. The van der Waals surface area contributed by atoms with Crippen LogP contribution < -0.4 is 10.1 Å². The third-order valence-corrected chi connectivity index (χ3v) is 3.31. The van der Waals surface area contributed by atoms with Crippen LogP contribution in [0.3, 0.4) is 0 Å². The number of aromatic nitrogens is 1. The number of hydrogen-bond acceptors (Lipinski definition) is 3. The molecule has 0 unspecified atom stereocenters. The van der Waals surface area contributed by atoms with Crippen molar-refractivity contribution in [3.63, 3.8) is 0 Å². The molecule has 120 valence electrons. The number of carbonyl (C=O) groups is 2. The fourth-order valence-electron chi connectivity index (χ4n) is 1.98. The van der Waals surface area contributed by atoms with Crippen molar-refractivity contribution in [2.75, 3.05) is 12.4 Å². The predicted octanol–water partition coefficient (Wildman–Crippen LogP) is 2.89. The van der Waals surface area contributed by atoms with E-state index in [9.17, 15) is 9.59 Å². The number of amides is 1. The Bertz CT molecular complexity index is 752. The number of benzene rings is 1. The van der Waals surface area contributed by atoms with Gasteiger partial charge in [0.15, 0.2) is 0 Å². The molecule has 1 aromatic carbocycles. The number of ether oxygens (including phenoxy) is 1. The molecular formula is C16H15ClN2O4. The third-order valence-electron chi connectivity index (χ3n) is 3.01. The zero-order valence-corrected chi connectivity index (χ0v) is 13.1. The molecule has 1 amide bonds. The number of anilines is 1. The number of rotatable bonds is 6. The van der Waals surface area contributed by atoms with Crippen LogP contribution in [0.4, 0.5) is 5.69 Å². The Hall–Kier alpha value is -2.73. The van der Waals surface area contributed by atoms with Gasteiger partial charge in [-0.2, -0.15) is 0 Å². The topological polar surface area (TPSA) is 80.6 Å². The molecule has 0 aliphatic rings. The number of nitrogens with zero attached hydrogens (tertiary/aromatic N) is 1. The molecule has 1 aromatic heterocycles. The van der Waals surface area contributed by atoms with Gasteiger partial charge in [0, 0.05) is 23.7 Å². The van der Waals surface area contributed by atoms with Crippen molar-refractivity contribution in [3.8, 4) is 5.75 Å². The van der Waals surface area contributed by atoms with E-state index in [1.165, 1.54) is 13.2 Å². The Morgan fingerprint density at radius 1 is 1.39 bits per heavy atom. The number of methoxy groups -OCH3 is 1. The zero-order valence-electron chi connectivity index (χ0n) is 12.3. The van der Waals surface area contributed by atoms with Gasteiger partial charge in [-0.05, 0) is 36.4 Å². The van der Waals surface area contributed by atoms with Crippen molar-refractivity contribution in [1.29, 1.82) is 0 Å². The van der Waals surface area contributed by atoms with Gasteiger partial charge in [0.1, 0.15) is 12.3 Å². The van der Waals surface area contributed by atoms with E-state index in [1.54, 1.807) is 41.1 Å². The Morgan fingerprint density at radius 3 is 2.83 bits per heavy atom. The summed E-state index contributed by atoms with van der Waals surface area (Å²) in [5.74, 6) is -0.779. The number of carboxylic acids is 1. The van der Waals surface area contributed by atoms with Crippen LogP contribution >= 0.6 is 11.6 Å². The van der Waals surface area contributed by atoms with Crippen LogP contribution in [0.1, 0.15) is 5.69 Å². The van der Waals surface area contributed by atoms with Gasteiger partial charge in [0.2, 0.25) is 5.91 Å². The molecule has 2 rings (SSSR count). The lowest BCUT2D eigenvalue weighted by molar-refractivity contribution is -0.131. The first-order valence-electron chi connectivity index (χ1n) is 6.69. The van der Waals surface area contributed by atoms with Crippen LogP contribution in [0.15, 0.2) is 42.6 Å². The number of nitrogens with one attached hydrogen (secondary N) is 1. The molecule has 0 fully saturated rings. The molecule has 23 heavy (non-hydrogen) atoms. The van der Waals surface area contributed by atoms with Crippen molar-refractivity contribution in [1.82, 2.24) is 4.57 Å². The Labute approximate surface area is 137 Å². The largest absolute Gasteiger partial charge is 0.495 e. The van der Waals surface area contributed by atoms with Crippen LogP contribution in [0.25, 0.3) is 6.08 Å². The monoisotopic (exact) mass is 334 g/mol. The predicted molar refractivity (Wildman–Crippen MR) is 87.7 cm³/mol. The van der Waals surface area contributed by atoms with Crippen LogP contribution in [0.5, 0.6) is 5.75 Å². The summed E-state index contributed by atoms with van der Waals surface area (Å²) in [6, 6.07) is 8.40. The molecule has 6 nitrogen and oxygen atoms in total. The molecule has 2 aromatic rings. The number of carbonyl (C=O) groups excluding carboxylic acids is 1. The zero-order chi connectivity index (χ0) is 16.8. The molecule has 7 heteroatoms. The summed E-state index contributed by atoms with van der Waals surface area (Å²) in [5, 5.41) is 11.8. The Morgan fingerprint density at radius 2 is 2.17 bits per heavy atom. The summed E-state index contributed by atoms with van der Waals surface area (Å²) in [5.41, 5.74) is 1.17. The number of carboxylic acid groups (broad SMARTS) is 1. The van der Waals surface area contributed by atoms with E-state index in [0.717, 1.165) is 6.08 Å². The minimum Gasteiger partial charge on any atom is -0.495 e. The maximum Gasteiger partial charge on any atom is 0.328 e. The van der Waals surface area contributed by atoms with Gasteiger partial charge in [-0.1, -0.05) is 11.6 Å². The minimum atomic E-state index is -1.05. The molecule has 0 aliphatic carbocycles. The molecule has 2 N–H and O–H groups in total. The highest BCUT2D eigenvalue weighted by molar-refractivity contribution is 6.32. The molecule has 0 saturated carbocycles. The molecular weight excluding hydrogens is 320 g/mol. The van der Waals surface area contributed by atoms with Crippen LogP contribution in [-0.4, -0.2) is 28.7 Å². The van der Waals surface area contributed by atoms with Gasteiger partial charge in [0.05, 0.1) is 12.1 Å². The van der Waals surface area contributed by atoms with E-state index in [0.29, 0.717) is 22.2 Å². The summed E-state index contributed by atoms with van der Waals surface area (Å²) in [6.07, 6.45) is 4.15. The van der Waals surface area contributed by atoms with Crippen molar-refractivity contribution < 1.29 is 19.4 Å². The van der Waals surface area contributed by atoms with Gasteiger partial charge in [0.25, 0.3) is 0 Å². The van der Waals surface area contributed by atoms with E-state index >= 15 is 0 Å².